The lowest BCUT2D eigenvalue weighted by molar-refractivity contribution is 0.244. The van der Waals surface area contributed by atoms with Gasteiger partial charge in [-0.2, -0.15) is 0 Å². The molecular formula is C17H24N2O. The minimum Gasteiger partial charge on any atom is -0.493 e. The molecule has 1 atom stereocenters. The van der Waals surface area contributed by atoms with Crippen molar-refractivity contribution in [1.82, 2.24) is 10.3 Å². The van der Waals surface area contributed by atoms with Gasteiger partial charge in [-0.25, -0.2) is 0 Å². The third kappa shape index (κ3) is 4.49. The number of fused-ring (bicyclic) bond motifs is 1. The molecule has 0 radical (unpaired) electrons. The van der Waals surface area contributed by atoms with E-state index in [1.54, 1.807) is 0 Å². The van der Waals surface area contributed by atoms with Crippen LogP contribution in [0.1, 0.15) is 27.7 Å². The third-order valence-corrected chi connectivity index (χ3v) is 3.09. The molecular weight excluding hydrogens is 248 g/mol. The molecule has 3 heteroatoms. The summed E-state index contributed by atoms with van der Waals surface area (Å²) in [5.74, 6) is 1.35. The Morgan fingerprint density at radius 3 is 2.80 bits per heavy atom. The maximum atomic E-state index is 5.86. The minimum absolute atomic E-state index is 0.154. The van der Waals surface area contributed by atoms with Crippen LogP contribution in [0.3, 0.4) is 0 Å². The Morgan fingerprint density at radius 2 is 2.05 bits per heavy atom. The fourth-order valence-corrected chi connectivity index (χ4v) is 1.91. The van der Waals surface area contributed by atoms with Crippen LogP contribution >= 0.6 is 0 Å². The fourth-order valence-electron chi connectivity index (χ4n) is 1.91. The average Bonchev–Trinajstić information content (AvgIpc) is 2.42. The van der Waals surface area contributed by atoms with Crippen molar-refractivity contribution in [3.8, 4) is 5.75 Å². The normalized spacial score (nSPS) is 13.4. The number of hydrogen-bond donors (Lipinski definition) is 1. The first-order valence-electron chi connectivity index (χ1n) is 7.17. The number of benzene rings is 1. The van der Waals surface area contributed by atoms with Crippen LogP contribution in [0.15, 0.2) is 36.5 Å². The highest BCUT2D eigenvalue weighted by atomic mass is 16.5. The first kappa shape index (κ1) is 14.8. The Balaban J connectivity index is 1.89. The van der Waals surface area contributed by atoms with E-state index in [1.807, 2.05) is 24.4 Å². The van der Waals surface area contributed by atoms with Gasteiger partial charge in [0.15, 0.2) is 0 Å². The van der Waals surface area contributed by atoms with E-state index in [9.17, 15) is 0 Å². The zero-order valence-corrected chi connectivity index (χ0v) is 12.8. The maximum absolute atomic E-state index is 5.86. The molecule has 1 unspecified atom stereocenters. The monoisotopic (exact) mass is 272 g/mol. The molecule has 1 aromatic carbocycles. The Bertz CT molecular complexity index is 560. The lowest BCUT2D eigenvalue weighted by atomic mass is 10.1. The highest BCUT2D eigenvalue weighted by Gasteiger charge is 2.11. The van der Waals surface area contributed by atoms with Crippen LogP contribution in [0.25, 0.3) is 10.9 Å². The molecule has 0 bridgehead atoms. The van der Waals surface area contributed by atoms with Crippen molar-refractivity contribution < 1.29 is 4.74 Å². The van der Waals surface area contributed by atoms with Crippen LogP contribution in [0, 0.1) is 5.92 Å². The molecule has 1 N–H and O–H groups in total. The second-order valence-corrected chi connectivity index (χ2v) is 6.40. The van der Waals surface area contributed by atoms with Gasteiger partial charge in [-0.3, -0.25) is 4.98 Å². The smallest absolute Gasteiger partial charge is 0.121 e. The van der Waals surface area contributed by atoms with Crippen LogP contribution in [0.2, 0.25) is 0 Å². The zero-order valence-electron chi connectivity index (χ0n) is 12.8. The van der Waals surface area contributed by atoms with Crippen molar-refractivity contribution in [2.75, 3.05) is 13.2 Å². The number of pyridine rings is 1. The second-order valence-electron chi connectivity index (χ2n) is 6.40. The van der Waals surface area contributed by atoms with Crippen molar-refractivity contribution in [2.24, 2.45) is 5.92 Å². The number of rotatable bonds is 5. The number of nitrogens with zero attached hydrogens (tertiary/aromatic N) is 1. The Labute approximate surface area is 121 Å². The summed E-state index contributed by atoms with van der Waals surface area (Å²) < 4.78 is 5.86. The summed E-state index contributed by atoms with van der Waals surface area (Å²) in [4.78, 5) is 4.35. The zero-order chi connectivity index (χ0) is 14.6. The number of ether oxygens (including phenoxy) is 1. The molecule has 0 aliphatic rings. The van der Waals surface area contributed by atoms with Gasteiger partial charge in [0.05, 0.1) is 12.1 Å². The molecule has 1 heterocycles. The van der Waals surface area contributed by atoms with E-state index in [0.29, 0.717) is 12.5 Å². The van der Waals surface area contributed by atoms with Crippen molar-refractivity contribution in [3.63, 3.8) is 0 Å². The van der Waals surface area contributed by atoms with Crippen molar-refractivity contribution in [3.05, 3.63) is 36.5 Å². The van der Waals surface area contributed by atoms with Crippen molar-refractivity contribution in [2.45, 2.75) is 33.2 Å². The molecule has 2 aromatic rings. The van der Waals surface area contributed by atoms with Crippen molar-refractivity contribution >= 4 is 10.9 Å². The van der Waals surface area contributed by atoms with Crippen LogP contribution < -0.4 is 10.1 Å². The molecule has 108 valence electrons. The van der Waals surface area contributed by atoms with E-state index in [4.69, 9.17) is 4.74 Å². The van der Waals surface area contributed by atoms with Crippen molar-refractivity contribution in [1.29, 1.82) is 0 Å². The van der Waals surface area contributed by atoms with Crippen LogP contribution in [-0.2, 0) is 0 Å². The van der Waals surface area contributed by atoms with Gasteiger partial charge in [0.1, 0.15) is 5.75 Å². The highest BCUT2D eigenvalue weighted by Crippen LogP contribution is 2.19. The van der Waals surface area contributed by atoms with Gasteiger partial charge in [-0.15, -0.1) is 0 Å². The number of nitrogens with one attached hydrogen (secondary N) is 1. The van der Waals surface area contributed by atoms with Gasteiger partial charge in [-0.1, -0.05) is 13.0 Å². The van der Waals surface area contributed by atoms with Gasteiger partial charge in [-0.05, 0) is 39.0 Å². The van der Waals surface area contributed by atoms with Gasteiger partial charge in [0.25, 0.3) is 0 Å². The molecule has 0 saturated carbocycles. The summed E-state index contributed by atoms with van der Waals surface area (Å²) in [6.45, 7) is 10.4. The van der Waals surface area contributed by atoms with Gasteiger partial charge >= 0.3 is 0 Å². The summed E-state index contributed by atoms with van der Waals surface area (Å²) in [6, 6.07) is 10.1. The molecule has 0 amide bonds. The standard InChI is InChI=1S/C17H24N2O/c1-13(11-19-17(2,3)4)12-20-15-8-7-14-6-5-9-18-16(14)10-15/h5-10,13,19H,11-12H2,1-4H3. The van der Waals surface area contributed by atoms with E-state index in [-0.39, 0.29) is 5.54 Å². The lowest BCUT2D eigenvalue weighted by Gasteiger charge is -2.23. The highest BCUT2D eigenvalue weighted by molar-refractivity contribution is 5.79. The minimum atomic E-state index is 0.154. The molecule has 3 nitrogen and oxygen atoms in total. The summed E-state index contributed by atoms with van der Waals surface area (Å²) in [5.41, 5.74) is 1.13. The Hall–Kier alpha value is -1.61. The van der Waals surface area contributed by atoms with Gasteiger partial charge in [0, 0.05) is 35.7 Å². The van der Waals surface area contributed by atoms with E-state index in [1.165, 1.54) is 0 Å². The summed E-state index contributed by atoms with van der Waals surface area (Å²) in [7, 11) is 0. The molecule has 2 rings (SSSR count). The average molecular weight is 272 g/mol. The van der Waals surface area contributed by atoms with E-state index in [2.05, 4.69) is 50.1 Å². The topological polar surface area (TPSA) is 34.1 Å². The first-order chi connectivity index (χ1) is 9.44. The van der Waals surface area contributed by atoms with E-state index in [0.717, 1.165) is 23.2 Å². The van der Waals surface area contributed by atoms with Gasteiger partial charge in [0.2, 0.25) is 0 Å². The largest absolute Gasteiger partial charge is 0.493 e. The summed E-state index contributed by atoms with van der Waals surface area (Å²) in [5, 5.41) is 4.64. The first-order valence-corrected chi connectivity index (χ1v) is 7.17. The third-order valence-electron chi connectivity index (χ3n) is 3.09. The number of aromatic nitrogens is 1. The van der Waals surface area contributed by atoms with Crippen LogP contribution in [0.4, 0.5) is 0 Å². The molecule has 20 heavy (non-hydrogen) atoms. The molecule has 0 aliphatic carbocycles. The van der Waals surface area contributed by atoms with E-state index < -0.39 is 0 Å². The Morgan fingerprint density at radius 1 is 1.25 bits per heavy atom. The summed E-state index contributed by atoms with van der Waals surface area (Å²) >= 11 is 0. The lowest BCUT2D eigenvalue weighted by Crippen LogP contribution is -2.39. The predicted molar refractivity (Wildman–Crippen MR) is 84.2 cm³/mol. The number of hydrogen-bond acceptors (Lipinski definition) is 3. The molecule has 0 saturated heterocycles. The van der Waals surface area contributed by atoms with Crippen LogP contribution in [-0.4, -0.2) is 23.7 Å². The van der Waals surface area contributed by atoms with E-state index >= 15 is 0 Å². The fraction of sp³-hybridized carbons (Fsp3) is 0.471. The SMILES string of the molecule is CC(CNC(C)(C)C)COc1ccc2cccnc2c1. The maximum Gasteiger partial charge on any atom is 0.121 e. The van der Waals surface area contributed by atoms with Gasteiger partial charge < -0.3 is 10.1 Å². The molecule has 0 spiro atoms. The Kier molecular flexibility index (Phi) is 4.61. The predicted octanol–water partition coefficient (Wildman–Crippen LogP) is 3.64. The quantitative estimate of drug-likeness (QED) is 0.902. The summed E-state index contributed by atoms with van der Waals surface area (Å²) in [6.07, 6.45) is 1.81. The second kappa shape index (κ2) is 6.23. The molecule has 0 fully saturated rings. The molecule has 0 aliphatic heterocycles. The molecule has 1 aromatic heterocycles. The van der Waals surface area contributed by atoms with Crippen LogP contribution in [0.5, 0.6) is 5.75 Å².